The number of quaternary nitrogens is 1. The van der Waals surface area contributed by atoms with Crippen LogP contribution in [0.2, 0.25) is 0 Å². The first-order valence-electron chi connectivity index (χ1n) is 2.78. The summed E-state index contributed by atoms with van der Waals surface area (Å²) in [6.07, 6.45) is 0.978. The van der Waals surface area contributed by atoms with E-state index in [9.17, 15) is 0 Å². The molecule has 0 spiro atoms. The molecule has 0 saturated carbocycles. The van der Waals surface area contributed by atoms with Gasteiger partial charge in [0.25, 0.3) is 0 Å². The number of hydrogen-bond acceptors (Lipinski definition) is 1. The van der Waals surface area contributed by atoms with Gasteiger partial charge in [-0.3, -0.25) is 0 Å². The Morgan fingerprint density at radius 1 is 1.71 bits per heavy atom. The molecule has 1 aliphatic heterocycles. The largest absolute Gasteiger partial charge is 0.387 e. The highest BCUT2D eigenvalue weighted by atomic mass is 16.3. The molecule has 2 atom stereocenters. The van der Waals surface area contributed by atoms with Crippen LogP contribution in [0.3, 0.4) is 0 Å². The minimum Gasteiger partial charge on any atom is -0.387 e. The van der Waals surface area contributed by atoms with Crippen molar-refractivity contribution in [2.24, 2.45) is 0 Å². The number of likely N-dealkylation sites (N-methyl/N-ethyl adjacent to an activating group) is 1. The van der Waals surface area contributed by atoms with Crippen LogP contribution in [0, 0.1) is 0 Å². The van der Waals surface area contributed by atoms with Gasteiger partial charge in [0, 0.05) is 6.42 Å². The van der Waals surface area contributed by atoms with Gasteiger partial charge in [-0.2, -0.15) is 0 Å². The number of hydrogen-bond donors (Lipinski definition) is 2. The van der Waals surface area contributed by atoms with Gasteiger partial charge in [0.05, 0.1) is 13.6 Å². The van der Waals surface area contributed by atoms with E-state index in [2.05, 4.69) is 7.05 Å². The third kappa shape index (κ3) is 1.14. The van der Waals surface area contributed by atoms with Gasteiger partial charge >= 0.3 is 0 Å². The van der Waals surface area contributed by atoms with Gasteiger partial charge in [0.1, 0.15) is 12.6 Å². The molecule has 0 amide bonds. The zero-order valence-electron chi connectivity index (χ0n) is 4.65. The molecule has 1 fully saturated rings. The van der Waals surface area contributed by atoms with Crippen molar-refractivity contribution >= 4 is 0 Å². The Kier molecular flexibility index (Phi) is 1.30. The van der Waals surface area contributed by atoms with Crippen molar-refractivity contribution in [3.8, 4) is 0 Å². The average molecular weight is 102 g/mol. The Hall–Kier alpha value is -0.0800. The summed E-state index contributed by atoms with van der Waals surface area (Å²) in [6, 6.07) is 0. The molecule has 2 nitrogen and oxygen atoms in total. The summed E-state index contributed by atoms with van der Waals surface area (Å²) in [6.45, 7) is 2.08. The highest BCUT2D eigenvalue weighted by Crippen LogP contribution is 1.88. The van der Waals surface area contributed by atoms with E-state index >= 15 is 0 Å². The molecule has 2 N–H and O–H groups in total. The zero-order chi connectivity index (χ0) is 5.28. The van der Waals surface area contributed by atoms with Gasteiger partial charge < -0.3 is 10.0 Å². The third-order valence-corrected chi connectivity index (χ3v) is 1.49. The topological polar surface area (TPSA) is 24.7 Å². The first-order valence-corrected chi connectivity index (χ1v) is 2.78. The first-order chi connectivity index (χ1) is 3.29. The van der Waals surface area contributed by atoms with E-state index in [1.807, 2.05) is 0 Å². The molecule has 1 heterocycles. The van der Waals surface area contributed by atoms with Crippen molar-refractivity contribution in [1.82, 2.24) is 0 Å². The smallest absolute Gasteiger partial charge is 0.108 e. The summed E-state index contributed by atoms with van der Waals surface area (Å²) >= 11 is 0. The Morgan fingerprint density at radius 3 is 2.57 bits per heavy atom. The Labute approximate surface area is 43.7 Å². The fraction of sp³-hybridized carbons (Fsp3) is 1.00. The fourth-order valence-electron chi connectivity index (χ4n) is 1.02. The van der Waals surface area contributed by atoms with Crippen LogP contribution in [0.4, 0.5) is 0 Å². The van der Waals surface area contributed by atoms with Gasteiger partial charge in [0.15, 0.2) is 0 Å². The summed E-state index contributed by atoms with van der Waals surface area (Å²) in [4.78, 5) is 1.45. The van der Waals surface area contributed by atoms with Gasteiger partial charge in [0.2, 0.25) is 0 Å². The monoisotopic (exact) mass is 102 g/mol. The number of aliphatic hydroxyl groups is 1. The minimum absolute atomic E-state index is 0.0139. The first kappa shape index (κ1) is 5.06. The van der Waals surface area contributed by atoms with E-state index in [0.717, 1.165) is 19.5 Å². The SMILES string of the molecule is C[NH+]1CC[C@H](O)C1. The molecule has 0 aliphatic carbocycles. The van der Waals surface area contributed by atoms with Crippen LogP contribution in [-0.2, 0) is 0 Å². The number of aliphatic hydroxyl groups excluding tert-OH is 1. The summed E-state index contributed by atoms with van der Waals surface area (Å²) in [7, 11) is 2.11. The molecule has 0 bridgehead atoms. The van der Waals surface area contributed by atoms with E-state index < -0.39 is 0 Å². The molecule has 1 unspecified atom stereocenters. The molecule has 0 aromatic heterocycles. The second-order valence-electron chi connectivity index (χ2n) is 2.35. The molecular weight excluding hydrogens is 90.1 g/mol. The lowest BCUT2D eigenvalue weighted by Gasteiger charge is -2.00. The number of nitrogens with one attached hydrogen (secondary N) is 1. The standard InChI is InChI=1S/C5H11NO/c1-6-3-2-5(7)4-6/h5,7H,2-4H2,1H3/p+1/t5-/m0/s1. The lowest BCUT2D eigenvalue weighted by atomic mass is 10.3. The predicted octanol–water partition coefficient (Wildman–Crippen LogP) is -1.73. The van der Waals surface area contributed by atoms with Crippen LogP contribution in [0.1, 0.15) is 6.42 Å². The normalized spacial score (nSPS) is 42.0. The molecule has 1 rings (SSSR count). The molecule has 0 aromatic carbocycles. The van der Waals surface area contributed by atoms with Crippen molar-refractivity contribution in [1.29, 1.82) is 0 Å². The van der Waals surface area contributed by atoms with Gasteiger partial charge in [-0.15, -0.1) is 0 Å². The molecule has 0 radical (unpaired) electrons. The minimum atomic E-state index is -0.0139. The number of likely N-dealkylation sites (tertiary alicyclic amines) is 1. The summed E-state index contributed by atoms with van der Waals surface area (Å²) < 4.78 is 0. The Bertz CT molecular complexity index is 57.1. The van der Waals surface area contributed by atoms with E-state index in [0.29, 0.717) is 0 Å². The third-order valence-electron chi connectivity index (χ3n) is 1.49. The maximum absolute atomic E-state index is 8.88. The molecule has 1 aliphatic rings. The predicted molar refractivity (Wildman–Crippen MR) is 27.2 cm³/mol. The van der Waals surface area contributed by atoms with E-state index in [-0.39, 0.29) is 6.10 Å². The van der Waals surface area contributed by atoms with Crippen LogP contribution in [0.25, 0.3) is 0 Å². The van der Waals surface area contributed by atoms with Gasteiger partial charge in [-0.05, 0) is 0 Å². The van der Waals surface area contributed by atoms with E-state index in [1.165, 1.54) is 4.90 Å². The van der Waals surface area contributed by atoms with Crippen LogP contribution < -0.4 is 4.90 Å². The van der Waals surface area contributed by atoms with Crippen molar-refractivity contribution in [2.45, 2.75) is 12.5 Å². The fourth-order valence-corrected chi connectivity index (χ4v) is 1.02. The summed E-state index contributed by atoms with van der Waals surface area (Å²) in [5.74, 6) is 0. The Morgan fingerprint density at radius 2 is 2.43 bits per heavy atom. The zero-order valence-corrected chi connectivity index (χ0v) is 4.65. The van der Waals surface area contributed by atoms with E-state index in [1.54, 1.807) is 0 Å². The lowest BCUT2D eigenvalue weighted by Crippen LogP contribution is -3.07. The summed E-state index contributed by atoms with van der Waals surface area (Å²) in [5, 5.41) is 8.88. The summed E-state index contributed by atoms with van der Waals surface area (Å²) in [5.41, 5.74) is 0. The van der Waals surface area contributed by atoms with Crippen molar-refractivity contribution < 1.29 is 10.0 Å². The van der Waals surface area contributed by atoms with Crippen molar-refractivity contribution in [3.63, 3.8) is 0 Å². The highest BCUT2D eigenvalue weighted by molar-refractivity contribution is 4.55. The molecule has 1 saturated heterocycles. The molecular formula is C5H12NO+. The quantitative estimate of drug-likeness (QED) is 0.373. The van der Waals surface area contributed by atoms with E-state index in [4.69, 9.17) is 5.11 Å². The molecule has 2 heteroatoms. The van der Waals surface area contributed by atoms with Gasteiger partial charge in [-0.1, -0.05) is 0 Å². The second-order valence-corrected chi connectivity index (χ2v) is 2.35. The lowest BCUT2D eigenvalue weighted by molar-refractivity contribution is -0.867. The molecule has 7 heavy (non-hydrogen) atoms. The van der Waals surface area contributed by atoms with Crippen LogP contribution in [0.5, 0.6) is 0 Å². The highest BCUT2D eigenvalue weighted by Gasteiger charge is 2.19. The van der Waals surface area contributed by atoms with Gasteiger partial charge in [-0.25, -0.2) is 0 Å². The Balaban J connectivity index is 2.26. The average Bonchev–Trinajstić information content (AvgIpc) is 1.87. The number of rotatable bonds is 0. The maximum atomic E-state index is 8.88. The molecule has 0 aromatic rings. The van der Waals surface area contributed by atoms with Crippen LogP contribution >= 0.6 is 0 Å². The van der Waals surface area contributed by atoms with Crippen LogP contribution in [-0.4, -0.2) is 31.3 Å². The maximum Gasteiger partial charge on any atom is 0.108 e. The molecule has 42 valence electrons. The van der Waals surface area contributed by atoms with Crippen molar-refractivity contribution in [2.75, 3.05) is 20.1 Å². The van der Waals surface area contributed by atoms with Crippen LogP contribution in [0.15, 0.2) is 0 Å². The van der Waals surface area contributed by atoms with Crippen molar-refractivity contribution in [3.05, 3.63) is 0 Å². The second kappa shape index (κ2) is 1.80.